The number of esters is 1. The maximum atomic E-state index is 13.1. The van der Waals surface area contributed by atoms with Crippen LogP contribution in [0.5, 0.6) is 0 Å². The number of halogens is 3. The van der Waals surface area contributed by atoms with Crippen LogP contribution in [0.15, 0.2) is 30.0 Å². The van der Waals surface area contributed by atoms with Crippen molar-refractivity contribution in [1.29, 1.82) is 0 Å². The van der Waals surface area contributed by atoms with Crippen LogP contribution in [0.25, 0.3) is 0 Å². The van der Waals surface area contributed by atoms with Crippen molar-refractivity contribution in [3.8, 4) is 0 Å². The zero-order valence-corrected chi connectivity index (χ0v) is 15.5. The van der Waals surface area contributed by atoms with Gasteiger partial charge in [-0.3, -0.25) is 19.3 Å². The smallest absolute Gasteiger partial charge is 0.416 e. The van der Waals surface area contributed by atoms with Gasteiger partial charge in [0.25, 0.3) is 11.8 Å². The number of β-amino-alcohol motifs (C(OH)–C–C–N with tert-alkyl or cyclic N) is 1. The molecule has 1 aliphatic heterocycles. The number of hydrogen-bond donors (Lipinski definition) is 3. The van der Waals surface area contributed by atoms with Gasteiger partial charge in [-0.05, 0) is 24.6 Å². The van der Waals surface area contributed by atoms with Gasteiger partial charge in [-0.2, -0.15) is 13.2 Å². The number of benzene rings is 1. The van der Waals surface area contributed by atoms with Crippen molar-refractivity contribution in [2.75, 3.05) is 37.4 Å². The SMILES string of the molecule is COC(=O)CCCNc1ccc(C(F)(F)F)cc1NC1=CC(=O)N(CCO)C1=O. The van der Waals surface area contributed by atoms with E-state index in [1.54, 1.807) is 0 Å². The van der Waals surface area contributed by atoms with Gasteiger partial charge in [0.05, 0.1) is 37.2 Å². The van der Waals surface area contributed by atoms with Crippen molar-refractivity contribution in [3.05, 3.63) is 35.5 Å². The van der Waals surface area contributed by atoms with Crippen molar-refractivity contribution in [3.63, 3.8) is 0 Å². The molecule has 1 heterocycles. The van der Waals surface area contributed by atoms with Crippen LogP contribution in [0.2, 0.25) is 0 Å². The number of methoxy groups -OCH3 is 1. The molecule has 29 heavy (non-hydrogen) atoms. The first-order valence-corrected chi connectivity index (χ1v) is 8.64. The lowest BCUT2D eigenvalue weighted by atomic mass is 10.1. The van der Waals surface area contributed by atoms with E-state index in [9.17, 15) is 27.6 Å². The van der Waals surface area contributed by atoms with Crippen molar-refractivity contribution in [2.24, 2.45) is 0 Å². The van der Waals surface area contributed by atoms with Crippen LogP contribution in [0.4, 0.5) is 24.5 Å². The van der Waals surface area contributed by atoms with E-state index < -0.39 is 36.1 Å². The fourth-order valence-corrected chi connectivity index (χ4v) is 2.59. The van der Waals surface area contributed by atoms with Crippen LogP contribution < -0.4 is 10.6 Å². The third-order valence-electron chi connectivity index (χ3n) is 4.05. The second kappa shape index (κ2) is 9.41. The molecular formula is C18H20F3N3O5. The summed E-state index contributed by atoms with van der Waals surface area (Å²) < 4.78 is 43.7. The molecule has 0 radical (unpaired) electrons. The van der Waals surface area contributed by atoms with E-state index in [1.807, 2.05) is 0 Å². The van der Waals surface area contributed by atoms with Crippen molar-refractivity contribution >= 4 is 29.2 Å². The maximum absolute atomic E-state index is 13.1. The average molecular weight is 415 g/mol. The van der Waals surface area contributed by atoms with E-state index in [4.69, 9.17) is 5.11 Å². The Morgan fingerprint density at radius 1 is 1.24 bits per heavy atom. The first kappa shape index (κ1) is 22.2. The number of ether oxygens (including phenoxy) is 1. The van der Waals surface area contributed by atoms with E-state index in [0.717, 1.165) is 23.1 Å². The first-order valence-electron chi connectivity index (χ1n) is 8.64. The number of amides is 2. The van der Waals surface area contributed by atoms with Gasteiger partial charge in [-0.25, -0.2) is 0 Å². The first-order chi connectivity index (χ1) is 13.7. The van der Waals surface area contributed by atoms with E-state index in [2.05, 4.69) is 15.4 Å². The zero-order valence-electron chi connectivity index (χ0n) is 15.5. The third kappa shape index (κ3) is 5.70. The fraction of sp³-hybridized carbons (Fsp3) is 0.389. The number of anilines is 2. The largest absolute Gasteiger partial charge is 0.469 e. The molecule has 0 saturated heterocycles. The fourth-order valence-electron chi connectivity index (χ4n) is 2.59. The number of nitrogens with zero attached hydrogens (tertiary/aromatic N) is 1. The number of rotatable bonds is 9. The molecule has 0 saturated carbocycles. The maximum Gasteiger partial charge on any atom is 0.416 e. The molecule has 2 amide bonds. The summed E-state index contributed by atoms with van der Waals surface area (Å²) in [4.78, 5) is 36.0. The molecule has 0 unspecified atom stereocenters. The normalized spacial score (nSPS) is 14.1. The minimum Gasteiger partial charge on any atom is -0.469 e. The number of carbonyl (C=O) groups is 3. The summed E-state index contributed by atoms with van der Waals surface area (Å²) in [7, 11) is 1.25. The second-order valence-electron chi connectivity index (χ2n) is 6.07. The number of imide groups is 1. The summed E-state index contributed by atoms with van der Waals surface area (Å²) in [6, 6.07) is 2.88. The monoisotopic (exact) mass is 415 g/mol. The highest BCUT2D eigenvalue weighted by Gasteiger charge is 2.33. The molecule has 0 bridgehead atoms. The number of aliphatic hydroxyl groups is 1. The molecule has 0 fully saturated rings. The Morgan fingerprint density at radius 2 is 1.97 bits per heavy atom. The van der Waals surface area contributed by atoms with Gasteiger partial charge in [0, 0.05) is 19.0 Å². The van der Waals surface area contributed by atoms with Gasteiger partial charge >= 0.3 is 12.1 Å². The summed E-state index contributed by atoms with van der Waals surface area (Å²) in [5, 5.41) is 14.4. The molecule has 0 aromatic heterocycles. The van der Waals surface area contributed by atoms with Crippen LogP contribution in [0.3, 0.4) is 0 Å². The van der Waals surface area contributed by atoms with Crippen LogP contribution in [0, 0.1) is 0 Å². The van der Waals surface area contributed by atoms with Crippen LogP contribution >= 0.6 is 0 Å². The second-order valence-corrected chi connectivity index (χ2v) is 6.07. The Hall–Kier alpha value is -3.08. The van der Waals surface area contributed by atoms with Crippen LogP contribution in [-0.4, -0.2) is 54.6 Å². The van der Waals surface area contributed by atoms with E-state index in [-0.39, 0.29) is 36.6 Å². The molecule has 0 aliphatic carbocycles. The third-order valence-corrected chi connectivity index (χ3v) is 4.05. The molecule has 1 aromatic rings. The van der Waals surface area contributed by atoms with Crippen molar-refractivity contribution in [1.82, 2.24) is 4.90 Å². The van der Waals surface area contributed by atoms with Gasteiger partial charge in [-0.15, -0.1) is 0 Å². The van der Waals surface area contributed by atoms with Gasteiger partial charge in [0.2, 0.25) is 0 Å². The predicted octanol–water partition coefficient (Wildman–Crippen LogP) is 1.73. The number of hydrogen-bond acceptors (Lipinski definition) is 7. The Morgan fingerprint density at radius 3 is 2.59 bits per heavy atom. The van der Waals surface area contributed by atoms with Gasteiger partial charge in [0.15, 0.2) is 0 Å². The van der Waals surface area contributed by atoms with E-state index in [0.29, 0.717) is 6.42 Å². The zero-order chi connectivity index (χ0) is 21.6. The molecular weight excluding hydrogens is 395 g/mol. The lowest BCUT2D eigenvalue weighted by Crippen LogP contribution is -2.34. The molecule has 1 aromatic carbocycles. The highest BCUT2D eigenvalue weighted by atomic mass is 19.4. The van der Waals surface area contributed by atoms with Crippen molar-refractivity contribution < 1.29 is 37.4 Å². The van der Waals surface area contributed by atoms with Crippen molar-refractivity contribution in [2.45, 2.75) is 19.0 Å². The number of alkyl halides is 3. The highest BCUT2D eigenvalue weighted by molar-refractivity contribution is 6.17. The summed E-state index contributed by atoms with van der Waals surface area (Å²) in [6.07, 6.45) is -3.15. The summed E-state index contributed by atoms with van der Waals surface area (Å²) in [5.74, 6) is -1.84. The average Bonchev–Trinajstić information content (AvgIpc) is 2.92. The van der Waals surface area contributed by atoms with Gasteiger partial charge in [0.1, 0.15) is 5.70 Å². The topological polar surface area (TPSA) is 108 Å². The number of carbonyl (C=O) groups excluding carboxylic acids is 3. The molecule has 2 rings (SSSR count). The van der Waals surface area contributed by atoms with Gasteiger partial charge < -0.3 is 20.5 Å². The number of aliphatic hydroxyl groups excluding tert-OH is 1. The molecule has 0 atom stereocenters. The molecule has 1 aliphatic rings. The lowest BCUT2D eigenvalue weighted by Gasteiger charge is -2.18. The van der Waals surface area contributed by atoms with E-state index >= 15 is 0 Å². The molecule has 11 heteroatoms. The molecule has 158 valence electrons. The minimum absolute atomic E-state index is 0.0591. The lowest BCUT2D eigenvalue weighted by molar-refractivity contribution is -0.141. The highest BCUT2D eigenvalue weighted by Crippen LogP contribution is 2.35. The molecule has 0 spiro atoms. The Labute approximate surface area is 164 Å². The Bertz CT molecular complexity index is 823. The Balaban J connectivity index is 2.21. The molecule has 8 nitrogen and oxygen atoms in total. The van der Waals surface area contributed by atoms with Crippen LogP contribution in [0.1, 0.15) is 18.4 Å². The summed E-state index contributed by atoms with van der Waals surface area (Å²) in [5.41, 5.74) is -0.953. The number of nitrogens with one attached hydrogen (secondary N) is 2. The standard InChI is InChI=1S/C18H20F3N3O5/c1-29-16(27)3-2-6-22-12-5-4-11(18(19,20)21)9-13(12)23-14-10-15(26)24(7-8-25)17(14)28/h4-5,9-10,22-23,25H,2-3,6-8H2,1H3. The summed E-state index contributed by atoms with van der Waals surface area (Å²) in [6.45, 7) is -0.395. The van der Waals surface area contributed by atoms with E-state index in [1.165, 1.54) is 13.2 Å². The predicted molar refractivity (Wildman–Crippen MR) is 96.7 cm³/mol. The van der Waals surface area contributed by atoms with Crippen LogP contribution in [-0.2, 0) is 25.3 Å². The quantitative estimate of drug-likeness (QED) is 0.320. The summed E-state index contributed by atoms with van der Waals surface area (Å²) >= 11 is 0. The Kier molecular flexibility index (Phi) is 7.21. The molecule has 3 N–H and O–H groups in total. The minimum atomic E-state index is -4.60. The van der Waals surface area contributed by atoms with Gasteiger partial charge in [-0.1, -0.05) is 0 Å².